The van der Waals surface area contributed by atoms with E-state index in [1.807, 2.05) is 0 Å². The van der Waals surface area contributed by atoms with Crippen molar-refractivity contribution in [2.75, 3.05) is 6.67 Å². The van der Waals surface area contributed by atoms with Gasteiger partial charge in [-0.2, -0.15) is 13.2 Å². The van der Waals surface area contributed by atoms with Crippen LogP contribution in [0.5, 0.6) is 0 Å². The third-order valence-electron chi connectivity index (χ3n) is 2.20. The molecule has 0 saturated carbocycles. The summed E-state index contributed by atoms with van der Waals surface area (Å²) in [5.41, 5.74) is 3.85. The first-order valence-corrected chi connectivity index (χ1v) is 5.03. The minimum absolute atomic E-state index is 0.269. The minimum Gasteiger partial charge on any atom is -0.324 e. The molecule has 0 amide bonds. The molecular formula is C10H9ClF5N. The third kappa shape index (κ3) is 3.29. The van der Waals surface area contributed by atoms with Crippen LogP contribution in [0.4, 0.5) is 22.0 Å². The lowest BCUT2D eigenvalue weighted by atomic mass is 10.0. The summed E-state index contributed by atoms with van der Waals surface area (Å²) in [7, 11) is 0. The first-order chi connectivity index (χ1) is 7.77. The number of benzene rings is 1. The van der Waals surface area contributed by atoms with Crippen LogP contribution >= 0.6 is 11.6 Å². The fourth-order valence-corrected chi connectivity index (χ4v) is 1.54. The van der Waals surface area contributed by atoms with E-state index in [2.05, 4.69) is 0 Å². The fraction of sp³-hybridized carbons (Fsp3) is 0.400. The maximum Gasteiger partial charge on any atom is 0.416 e. The van der Waals surface area contributed by atoms with Gasteiger partial charge in [-0.05, 0) is 18.6 Å². The molecule has 2 N–H and O–H groups in total. The molecule has 0 spiro atoms. The van der Waals surface area contributed by atoms with Crippen molar-refractivity contribution < 1.29 is 22.0 Å². The molecule has 0 aliphatic carbocycles. The van der Waals surface area contributed by atoms with Crippen molar-refractivity contribution in [1.82, 2.24) is 0 Å². The highest BCUT2D eigenvalue weighted by molar-refractivity contribution is 6.30. The molecule has 0 aliphatic heterocycles. The molecule has 96 valence electrons. The van der Waals surface area contributed by atoms with Gasteiger partial charge in [0.1, 0.15) is 5.82 Å². The zero-order valence-electron chi connectivity index (χ0n) is 8.49. The highest BCUT2D eigenvalue weighted by atomic mass is 35.5. The van der Waals surface area contributed by atoms with Crippen LogP contribution in [0.25, 0.3) is 0 Å². The average Bonchev–Trinajstić information content (AvgIpc) is 2.20. The van der Waals surface area contributed by atoms with E-state index in [0.717, 1.165) is 0 Å². The van der Waals surface area contributed by atoms with Gasteiger partial charge in [0, 0.05) is 11.6 Å². The van der Waals surface area contributed by atoms with Crippen molar-refractivity contribution in [3.8, 4) is 0 Å². The second-order valence-corrected chi connectivity index (χ2v) is 3.85. The summed E-state index contributed by atoms with van der Waals surface area (Å²) in [5, 5.41) is -0.677. The molecule has 0 bridgehead atoms. The lowest BCUT2D eigenvalue weighted by molar-refractivity contribution is -0.137. The Morgan fingerprint density at radius 2 is 1.88 bits per heavy atom. The van der Waals surface area contributed by atoms with Crippen molar-refractivity contribution >= 4 is 11.6 Å². The predicted octanol–water partition coefficient (Wildman–Crippen LogP) is 3.86. The summed E-state index contributed by atoms with van der Waals surface area (Å²) < 4.78 is 62.8. The van der Waals surface area contributed by atoms with Crippen LogP contribution in [0.3, 0.4) is 0 Å². The van der Waals surface area contributed by atoms with Crippen LogP contribution in [0.15, 0.2) is 12.1 Å². The molecular weight excluding hydrogens is 265 g/mol. The van der Waals surface area contributed by atoms with E-state index >= 15 is 0 Å². The Labute approximate surface area is 99.4 Å². The maximum absolute atomic E-state index is 13.4. The van der Waals surface area contributed by atoms with Gasteiger partial charge in [0.05, 0.1) is 17.3 Å². The number of halogens is 6. The molecule has 17 heavy (non-hydrogen) atoms. The highest BCUT2D eigenvalue weighted by Gasteiger charge is 2.32. The fourth-order valence-electron chi connectivity index (χ4n) is 1.32. The van der Waals surface area contributed by atoms with Crippen molar-refractivity contribution in [3.63, 3.8) is 0 Å². The summed E-state index contributed by atoms with van der Waals surface area (Å²) in [4.78, 5) is 0. The minimum atomic E-state index is -4.65. The molecule has 1 aromatic carbocycles. The van der Waals surface area contributed by atoms with Crippen molar-refractivity contribution in [3.05, 3.63) is 34.1 Å². The molecule has 1 atom stereocenters. The Kier molecular flexibility index (Phi) is 4.32. The number of alkyl halides is 4. The van der Waals surface area contributed by atoms with Crippen LogP contribution < -0.4 is 5.73 Å². The Morgan fingerprint density at radius 1 is 1.29 bits per heavy atom. The van der Waals surface area contributed by atoms with E-state index in [4.69, 9.17) is 17.3 Å². The van der Waals surface area contributed by atoms with Gasteiger partial charge in [0.15, 0.2) is 0 Å². The molecule has 1 nitrogen and oxygen atoms in total. The smallest absolute Gasteiger partial charge is 0.324 e. The van der Waals surface area contributed by atoms with E-state index in [1.54, 1.807) is 0 Å². The molecule has 7 heteroatoms. The SMILES string of the molecule is N[C@@H](CCF)c1cc(C(F)(F)F)cc(Cl)c1F. The van der Waals surface area contributed by atoms with E-state index in [-0.39, 0.29) is 6.42 Å². The molecule has 0 aliphatic rings. The third-order valence-corrected chi connectivity index (χ3v) is 2.48. The maximum atomic E-state index is 13.4. The largest absolute Gasteiger partial charge is 0.416 e. The Bertz CT molecular complexity index is 404. The summed E-state index contributed by atoms with van der Waals surface area (Å²) in [6, 6.07) is -0.121. The van der Waals surface area contributed by atoms with Gasteiger partial charge in [-0.3, -0.25) is 4.39 Å². The number of hydrogen-bond acceptors (Lipinski definition) is 1. The van der Waals surface area contributed by atoms with Crippen molar-refractivity contribution in [2.24, 2.45) is 5.73 Å². The summed E-state index contributed by atoms with van der Waals surface area (Å²) in [6.45, 7) is -0.853. The highest BCUT2D eigenvalue weighted by Crippen LogP contribution is 2.35. The lowest BCUT2D eigenvalue weighted by Crippen LogP contribution is -2.15. The molecule has 0 unspecified atom stereocenters. The zero-order chi connectivity index (χ0) is 13.2. The van der Waals surface area contributed by atoms with Gasteiger partial charge in [-0.25, -0.2) is 4.39 Å². The monoisotopic (exact) mass is 273 g/mol. The quantitative estimate of drug-likeness (QED) is 0.832. The molecule has 0 radical (unpaired) electrons. The summed E-state index contributed by atoms with van der Waals surface area (Å²) in [6.07, 6.45) is -4.92. The van der Waals surface area contributed by atoms with Gasteiger partial charge >= 0.3 is 6.18 Å². The first-order valence-electron chi connectivity index (χ1n) is 4.65. The van der Waals surface area contributed by atoms with Gasteiger partial charge in [-0.1, -0.05) is 11.6 Å². The standard InChI is InChI=1S/C10H9ClF5N/c11-7-4-5(10(14,15)16)3-6(9(7)13)8(17)1-2-12/h3-4,8H,1-2,17H2/t8-/m0/s1. The van der Waals surface area contributed by atoms with Gasteiger partial charge < -0.3 is 5.73 Å². The normalized spacial score (nSPS) is 13.8. The Balaban J connectivity index is 3.25. The second-order valence-electron chi connectivity index (χ2n) is 3.44. The van der Waals surface area contributed by atoms with Gasteiger partial charge in [0.2, 0.25) is 0 Å². The average molecular weight is 274 g/mol. The predicted molar refractivity (Wildman–Crippen MR) is 53.9 cm³/mol. The van der Waals surface area contributed by atoms with Crippen LogP contribution in [0, 0.1) is 5.82 Å². The molecule has 1 aromatic rings. The molecule has 0 aromatic heterocycles. The zero-order valence-corrected chi connectivity index (χ0v) is 9.25. The Hall–Kier alpha value is -0.880. The van der Waals surface area contributed by atoms with Crippen LogP contribution in [0.2, 0.25) is 5.02 Å². The second kappa shape index (κ2) is 5.18. The van der Waals surface area contributed by atoms with Crippen LogP contribution in [-0.4, -0.2) is 6.67 Å². The number of hydrogen-bond donors (Lipinski definition) is 1. The molecule has 0 fully saturated rings. The van der Waals surface area contributed by atoms with E-state index in [0.29, 0.717) is 12.1 Å². The van der Waals surface area contributed by atoms with E-state index in [1.165, 1.54) is 0 Å². The van der Waals surface area contributed by atoms with E-state index < -0.39 is 40.9 Å². The van der Waals surface area contributed by atoms with Gasteiger partial charge in [-0.15, -0.1) is 0 Å². The van der Waals surface area contributed by atoms with Crippen LogP contribution in [-0.2, 0) is 6.18 Å². The molecule has 0 heterocycles. The van der Waals surface area contributed by atoms with Crippen molar-refractivity contribution in [2.45, 2.75) is 18.6 Å². The topological polar surface area (TPSA) is 26.0 Å². The number of rotatable bonds is 3. The summed E-state index contributed by atoms with van der Waals surface area (Å²) >= 11 is 5.34. The lowest BCUT2D eigenvalue weighted by Gasteiger charge is -2.15. The van der Waals surface area contributed by atoms with Crippen molar-refractivity contribution in [1.29, 1.82) is 0 Å². The summed E-state index contributed by atoms with van der Waals surface area (Å²) in [5.74, 6) is -1.04. The Morgan fingerprint density at radius 3 is 2.35 bits per heavy atom. The molecule has 0 saturated heterocycles. The van der Waals surface area contributed by atoms with Crippen LogP contribution in [0.1, 0.15) is 23.6 Å². The molecule has 1 rings (SSSR count). The van der Waals surface area contributed by atoms with E-state index in [9.17, 15) is 22.0 Å². The van der Waals surface area contributed by atoms with Gasteiger partial charge in [0.25, 0.3) is 0 Å². The first kappa shape index (κ1) is 14.2. The number of nitrogens with two attached hydrogens (primary N) is 1.